The normalized spacial score (nSPS) is 14.6. The van der Waals surface area contributed by atoms with Crippen LogP contribution in [0.1, 0.15) is 28.8 Å². The Hall–Kier alpha value is -2.09. The molecule has 1 aliphatic rings. The monoisotopic (exact) mass is 265 g/mol. The molecule has 0 spiro atoms. The van der Waals surface area contributed by atoms with Crippen LogP contribution in [0, 0.1) is 6.92 Å². The smallest absolute Gasteiger partial charge is 0.254 e. The number of benzene rings is 2. The molecule has 102 valence electrons. The van der Waals surface area contributed by atoms with Gasteiger partial charge in [-0.05, 0) is 37.0 Å². The molecular weight excluding hydrogens is 246 g/mol. The van der Waals surface area contributed by atoms with E-state index in [1.165, 1.54) is 5.56 Å². The summed E-state index contributed by atoms with van der Waals surface area (Å²) in [6, 6.07) is 16.3. The molecular formula is C18H19NO. The molecule has 2 nitrogen and oxygen atoms in total. The second-order valence-electron chi connectivity index (χ2n) is 5.41. The van der Waals surface area contributed by atoms with E-state index in [4.69, 9.17) is 0 Å². The molecule has 1 fully saturated rings. The van der Waals surface area contributed by atoms with Gasteiger partial charge in [-0.2, -0.15) is 0 Å². The highest BCUT2D eigenvalue weighted by Crippen LogP contribution is 2.26. The number of nitrogens with zero attached hydrogens (tertiary/aromatic N) is 1. The Bertz CT molecular complexity index is 610. The summed E-state index contributed by atoms with van der Waals surface area (Å²) in [6.07, 6.45) is 2.25. The number of carbonyl (C=O) groups excluding carboxylic acids is 1. The summed E-state index contributed by atoms with van der Waals surface area (Å²) in [4.78, 5) is 14.6. The van der Waals surface area contributed by atoms with Crippen LogP contribution < -0.4 is 0 Å². The fraction of sp³-hybridized carbons (Fsp3) is 0.278. The van der Waals surface area contributed by atoms with Crippen LogP contribution in [0.15, 0.2) is 48.5 Å². The van der Waals surface area contributed by atoms with E-state index < -0.39 is 0 Å². The molecule has 1 heterocycles. The third-order valence-corrected chi connectivity index (χ3v) is 3.91. The predicted octanol–water partition coefficient (Wildman–Crippen LogP) is 3.90. The lowest BCUT2D eigenvalue weighted by Gasteiger charge is -2.17. The predicted molar refractivity (Wildman–Crippen MR) is 81.8 cm³/mol. The van der Waals surface area contributed by atoms with Gasteiger partial charge in [0.05, 0.1) is 0 Å². The van der Waals surface area contributed by atoms with E-state index in [0.29, 0.717) is 0 Å². The van der Waals surface area contributed by atoms with E-state index in [0.717, 1.165) is 42.6 Å². The number of likely N-dealkylation sites (tertiary alicyclic amines) is 1. The van der Waals surface area contributed by atoms with E-state index in [-0.39, 0.29) is 5.91 Å². The van der Waals surface area contributed by atoms with Gasteiger partial charge in [0.15, 0.2) is 0 Å². The van der Waals surface area contributed by atoms with Crippen LogP contribution >= 0.6 is 0 Å². The molecule has 0 N–H and O–H groups in total. The van der Waals surface area contributed by atoms with Crippen molar-refractivity contribution in [1.82, 2.24) is 4.90 Å². The highest BCUT2D eigenvalue weighted by Gasteiger charge is 2.21. The molecule has 1 saturated heterocycles. The van der Waals surface area contributed by atoms with Crippen LogP contribution in [-0.4, -0.2) is 23.9 Å². The molecule has 2 heteroatoms. The number of hydrogen-bond acceptors (Lipinski definition) is 1. The summed E-state index contributed by atoms with van der Waals surface area (Å²) in [5.41, 5.74) is 4.19. The number of carbonyl (C=O) groups is 1. The van der Waals surface area contributed by atoms with E-state index in [1.54, 1.807) is 0 Å². The third kappa shape index (κ3) is 2.46. The number of amides is 1. The van der Waals surface area contributed by atoms with Crippen molar-refractivity contribution < 1.29 is 4.79 Å². The summed E-state index contributed by atoms with van der Waals surface area (Å²) in [7, 11) is 0. The largest absolute Gasteiger partial charge is 0.339 e. The highest BCUT2D eigenvalue weighted by atomic mass is 16.2. The van der Waals surface area contributed by atoms with Gasteiger partial charge >= 0.3 is 0 Å². The van der Waals surface area contributed by atoms with Gasteiger partial charge in [0.25, 0.3) is 5.91 Å². The van der Waals surface area contributed by atoms with Gasteiger partial charge in [-0.3, -0.25) is 4.79 Å². The lowest BCUT2D eigenvalue weighted by atomic mass is 9.98. The van der Waals surface area contributed by atoms with Crippen molar-refractivity contribution >= 4 is 5.91 Å². The Morgan fingerprint density at radius 3 is 2.30 bits per heavy atom. The molecule has 2 aromatic carbocycles. The fourth-order valence-electron chi connectivity index (χ4n) is 2.75. The molecule has 1 amide bonds. The quantitative estimate of drug-likeness (QED) is 0.806. The lowest BCUT2D eigenvalue weighted by molar-refractivity contribution is 0.0793. The first kappa shape index (κ1) is 12.9. The maximum absolute atomic E-state index is 12.6. The van der Waals surface area contributed by atoms with Crippen LogP contribution in [0.25, 0.3) is 11.1 Å². The Labute approximate surface area is 120 Å². The van der Waals surface area contributed by atoms with Crippen molar-refractivity contribution in [3.05, 3.63) is 59.7 Å². The summed E-state index contributed by atoms with van der Waals surface area (Å²) >= 11 is 0. The second-order valence-corrected chi connectivity index (χ2v) is 5.41. The first-order valence-electron chi connectivity index (χ1n) is 7.21. The standard InChI is InChI=1S/C18H19NO/c1-14-8-10-15(11-9-14)16-6-2-3-7-17(16)18(20)19-12-4-5-13-19/h2-3,6-11H,4-5,12-13H2,1H3. The van der Waals surface area contributed by atoms with E-state index >= 15 is 0 Å². The van der Waals surface area contributed by atoms with Crippen LogP contribution in [0.2, 0.25) is 0 Å². The highest BCUT2D eigenvalue weighted by molar-refractivity contribution is 6.01. The Balaban J connectivity index is 1.99. The minimum atomic E-state index is 0.165. The second kappa shape index (κ2) is 5.49. The van der Waals surface area contributed by atoms with Gasteiger partial charge in [0.2, 0.25) is 0 Å². The third-order valence-electron chi connectivity index (χ3n) is 3.91. The average molecular weight is 265 g/mol. The zero-order chi connectivity index (χ0) is 13.9. The fourth-order valence-corrected chi connectivity index (χ4v) is 2.75. The Morgan fingerprint density at radius 2 is 1.60 bits per heavy atom. The molecule has 0 aromatic heterocycles. The van der Waals surface area contributed by atoms with Gasteiger partial charge in [0.1, 0.15) is 0 Å². The molecule has 3 rings (SSSR count). The minimum Gasteiger partial charge on any atom is -0.339 e. The van der Waals surface area contributed by atoms with Crippen molar-refractivity contribution in [2.75, 3.05) is 13.1 Å². The SMILES string of the molecule is Cc1ccc(-c2ccccc2C(=O)N2CCCC2)cc1. The summed E-state index contributed by atoms with van der Waals surface area (Å²) in [5, 5.41) is 0. The molecule has 0 atom stereocenters. The van der Waals surface area contributed by atoms with Gasteiger partial charge in [-0.15, -0.1) is 0 Å². The van der Waals surface area contributed by atoms with Crippen molar-refractivity contribution in [3.63, 3.8) is 0 Å². The Morgan fingerprint density at radius 1 is 0.950 bits per heavy atom. The molecule has 20 heavy (non-hydrogen) atoms. The number of hydrogen-bond donors (Lipinski definition) is 0. The van der Waals surface area contributed by atoms with Gasteiger partial charge in [-0.25, -0.2) is 0 Å². The molecule has 1 aliphatic heterocycles. The summed E-state index contributed by atoms with van der Waals surface area (Å²) < 4.78 is 0. The molecule has 0 bridgehead atoms. The van der Waals surface area contributed by atoms with E-state index in [2.05, 4.69) is 31.2 Å². The van der Waals surface area contributed by atoms with Crippen LogP contribution in [0.4, 0.5) is 0 Å². The van der Waals surface area contributed by atoms with Crippen molar-refractivity contribution in [2.24, 2.45) is 0 Å². The van der Waals surface area contributed by atoms with Crippen molar-refractivity contribution in [2.45, 2.75) is 19.8 Å². The molecule has 2 aromatic rings. The molecule has 0 radical (unpaired) electrons. The van der Waals surface area contributed by atoms with Gasteiger partial charge < -0.3 is 4.90 Å². The zero-order valence-electron chi connectivity index (χ0n) is 11.8. The molecule has 0 saturated carbocycles. The molecule has 0 aliphatic carbocycles. The summed E-state index contributed by atoms with van der Waals surface area (Å²) in [5.74, 6) is 0.165. The molecule has 0 unspecified atom stereocenters. The maximum atomic E-state index is 12.6. The maximum Gasteiger partial charge on any atom is 0.254 e. The zero-order valence-corrected chi connectivity index (χ0v) is 11.8. The van der Waals surface area contributed by atoms with Crippen molar-refractivity contribution in [1.29, 1.82) is 0 Å². The van der Waals surface area contributed by atoms with Crippen molar-refractivity contribution in [3.8, 4) is 11.1 Å². The van der Waals surface area contributed by atoms with Crippen LogP contribution in [-0.2, 0) is 0 Å². The van der Waals surface area contributed by atoms with E-state index in [9.17, 15) is 4.79 Å². The minimum absolute atomic E-state index is 0.165. The average Bonchev–Trinajstić information content (AvgIpc) is 3.02. The summed E-state index contributed by atoms with van der Waals surface area (Å²) in [6.45, 7) is 3.85. The Kier molecular flexibility index (Phi) is 3.55. The first-order valence-corrected chi connectivity index (χ1v) is 7.21. The number of aryl methyl sites for hydroxylation is 1. The first-order chi connectivity index (χ1) is 9.75. The van der Waals surface area contributed by atoms with Crippen LogP contribution in [0.3, 0.4) is 0 Å². The van der Waals surface area contributed by atoms with Gasteiger partial charge in [-0.1, -0.05) is 48.0 Å². The topological polar surface area (TPSA) is 20.3 Å². The lowest BCUT2D eigenvalue weighted by Crippen LogP contribution is -2.28. The van der Waals surface area contributed by atoms with Crippen LogP contribution in [0.5, 0.6) is 0 Å². The number of rotatable bonds is 2. The van der Waals surface area contributed by atoms with Gasteiger partial charge in [0, 0.05) is 18.7 Å². The van der Waals surface area contributed by atoms with E-state index in [1.807, 2.05) is 29.2 Å².